The van der Waals surface area contributed by atoms with Gasteiger partial charge < -0.3 is 15.6 Å². The van der Waals surface area contributed by atoms with Gasteiger partial charge >= 0.3 is 0 Å². The maximum absolute atomic E-state index is 13.0. The highest BCUT2D eigenvalue weighted by Gasteiger charge is 2.35. The summed E-state index contributed by atoms with van der Waals surface area (Å²) < 4.78 is 26.1. The first-order valence-electron chi connectivity index (χ1n) is 11.6. The Labute approximate surface area is 217 Å². The number of hydrogen-bond acceptors (Lipinski definition) is 5. The Morgan fingerprint density at radius 2 is 1.65 bits per heavy atom. The van der Waals surface area contributed by atoms with Crippen LogP contribution in [0.5, 0.6) is 0 Å². The Kier molecular flexibility index (Phi) is 6.61. The number of H-pyrrole nitrogens is 1. The van der Waals surface area contributed by atoms with E-state index in [9.17, 15) is 22.8 Å². The molecule has 0 aliphatic carbocycles. The number of aromatic nitrogens is 2. The van der Waals surface area contributed by atoms with E-state index in [2.05, 4.69) is 15.6 Å². The molecule has 0 unspecified atom stereocenters. The number of benzene rings is 2. The van der Waals surface area contributed by atoms with E-state index in [-0.39, 0.29) is 29.4 Å². The highest BCUT2D eigenvalue weighted by molar-refractivity contribution is 7.91. The molecule has 0 spiro atoms. The molecule has 0 radical (unpaired) electrons. The van der Waals surface area contributed by atoms with E-state index in [1.807, 2.05) is 0 Å². The average molecular weight is 539 g/mol. The quantitative estimate of drug-likeness (QED) is 0.360. The van der Waals surface area contributed by atoms with E-state index in [0.717, 1.165) is 5.39 Å². The van der Waals surface area contributed by atoms with Gasteiger partial charge in [-0.25, -0.2) is 8.42 Å². The second kappa shape index (κ2) is 9.87. The first kappa shape index (κ1) is 24.8. The molecule has 2 amide bonds. The molecule has 9 nitrogen and oxygen atoms in total. The van der Waals surface area contributed by atoms with Gasteiger partial charge in [-0.05, 0) is 48.9 Å². The van der Waals surface area contributed by atoms with Crippen molar-refractivity contribution in [2.45, 2.75) is 18.5 Å². The van der Waals surface area contributed by atoms with Crippen LogP contribution in [0.2, 0.25) is 5.02 Å². The number of pyridine rings is 1. The number of amides is 2. The van der Waals surface area contributed by atoms with E-state index in [1.54, 1.807) is 67.0 Å². The molecule has 3 heterocycles. The Morgan fingerprint density at radius 3 is 2.41 bits per heavy atom. The molecule has 1 aliphatic rings. The number of sulfone groups is 1. The van der Waals surface area contributed by atoms with Crippen molar-refractivity contribution in [3.8, 4) is 5.69 Å². The predicted molar refractivity (Wildman–Crippen MR) is 141 cm³/mol. The van der Waals surface area contributed by atoms with E-state index in [0.29, 0.717) is 27.4 Å². The first-order valence-corrected chi connectivity index (χ1v) is 13.8. The monoisotopic (exact) mass is 538 g/mol. The van der Waals surface area contributed by atoms with Crippen LogP contribution in [0.15, 0.2) is 77.9 Å². The standard InChI is InChI=1S/C26H23ClN4O5S/c27-20-14-28-22-13-17(6-9-19(20)22)26(34)29-21-10-12-37(35,36)15-23(21)30-25(33)16-4-7-18(8-5-16)31-11-2-1-3-24(31)32/h1-9,11,13-14,21,23,28H,10,12,15H2,(H,29,34)(H,30,33)/t21-,23-/m1/s1. The fourth-order valence-electron chi connectivity index (χ4n) is 4.45. The SMILES string of the molecule is O=C(N[C@@H]1CCS(=O)(=O)C[C@H]1NC(=O)c1ccc(-n2ccccc2=O)cc1)c1ccc2c(Cl)c[nH]c2c1. The van der Waals surface area contributed by atoms with Crippen LogP contribution < -0.4 is 16.2 Å². The summed E-state index contributed by atoms with van der Waals surface area (Å²) in [5.41, 5.74) is 1.78. The summed E-state index contributed by atoms with van der Waals surface area (Å²) in [6, 6.07) is 14.9. The third kappa shape index (κ3) is 5.30. The number of nitrogens with one attached hydrogen (secondary N) is 3. The Hall–Kier alpha value is -3.89. The second-order valence-electron chi connectivity index (χ2n) is 8.92. The molecule has 11 heteroatoms. The molecule has 1 saturated heterocycles. The molecular formula is C26H23ClN4O5S. The average Bonchev–Trinajstić information content (AvgIpc) is 3.25. The summed E-state index contributed by atoms with van der Waals surface area (Å²) in [4.78, 5) is 41.0. The highest BCUT2D eigenvalue weighted by Crippen LogP contribution is 2.24. The van der Waals surface area contributed by atoms with Gasteiger partial charge in [-0.3, -0.25) is 19.0 Å². The number of hydrogen-bond donors (Lipinski definition) is 3. The molecule has 37 heavy (non-hydrogen) atoms. The summed E-state index contributed by atoms with van der Waals surface area (Å²) >= 11 is 6.11. The molecule has 0 bridgehead atoms. The van der Waals surface area contributed by atoms with Crippen LogP contribution in [0.3, 0.4) is 0 Å². The minimum absolute atomic E-state index is 0.0872. The lowest BCUT2D eigenvalue weighted by atomic mass is 10.0. The maximum Gasteiger partial charge on any atom is 0.255 e. The molecule has 4 aromatic rings. The zero-order valence-electron chi connectivity index (χ0n) is 19.5. The zero-order valence-corrected chi connectivity index (χ0v) is 21.1. The Balaban J connectivity index is 1.32. The van der Waals surface area contributed by atoms with Gasteiger partial charge in [0.05, 0.1) is 28.6 Å². The molecule has 1 aliphatic heterocycles. The summed E-state index contributed by atoms with van der Waals surface area (Å²) in [7, 11) is -3.39. The van der Waals surface area contributed by atoms with E-state index >= 15 is 0 Å². The third-order valence-corrected chi connectivity index (χ3v) is 8.45. The smallest absolute Gasteiger partial charge is 0.255 e. The van der Waals surface area contributed by atoms with Crippen LogP contribution >= 0.6 is 11.6 Å². The molecular weight excluding hydrogens is 516 g/mol. The predicted octanol–water partition coefficient (Wildman–Crippen LogP) is 2.69. The zero-order chi connectivity index (χ0) is 26.2. The molecule has 3 N–H and O–H groups in total. The van der Waals surface area contributed by atoms with Crippen LogP contribution in [0.25, 0.3) is 16.6 Å². The topological polar surface area (TPSA) is 130 Å². The van der Waals surface area contributed by atoms with Gasteiger partial charge in [-0.1, -0.05) is 23.7 Å². The summed E-state index contributed by atoms with van der Waals surface area (Å²) in [6.45, 7) is 0. The number of carbonyl (C=O) groups excluding carboxylic acids is 2. The molecule has 1 fully saturated rings. The van der Waals surface area contributed by atoms with Crippen molar-refractivity contribution in [1.82, 2.24) is 20.2 Å². The summed E-state index contributed by atoms with van der Waals surface area (Å²) in [6.07, 6.45) is 3.43. The van der Waals surface area contributed by atoms with Crippen molar-refractivity contribution in [2.24, 2.45) is 0 Å². The number of nitrogens with zero attached hydrogens (tertiary/aromatic N) is 1. The number of rotatable bonds is 5. The third-order valence-electron chi connectivity index (χ3n) is 6.42. The number of halogens is 1. The van der Waals surface area contributed by atoms with Crippen LogP contribution in [0.1, 0.15) is 27.1 Å². The fraction of sp³-hybridized carbons (Fsp3) is 0.192. The van der Waals surface area contributed by atoms with Crippen LogP contribution in [0, 0.1) is 0 Å². The summed E-state index contributed by atoms with van der Waals surface area (Å²) in [5, 5.41) is 7.00. The lowest BCUT2D eigenvalue weighted by Gasteiger charge is -2.32. The fourth-order valence-corrected chi connectivity index (χ4v) is 6.31. The van der Waals surface area contributed by atoms with Gasteiger partial charge in [0.2, 0.25) is 0 Å². The first-order chi connectivity index (χ1) is 17.7. The van der Waals surface area contributed by atoms with Crippen molar-refractivity contribution in [1.29, 1.82) is 0 Å². The van der Waals surface area contributed by atoms with E-state index in [1.165, 1.54) is 10.6 Å². The number of carbonyl (C=O) groups is 2. The van der Waals surface area contributed by atoms with Gasteiger partial charge in [-0.2, -0.15) is 0 Å². The van der Waals surface area contributed by atoms with Crippen LogP contribution in [-0.2, 0) is 9.84 Å². The molecule has 2 aromatic carbocycles. The minimum atomic E-state index is -3.39. The van der Waals surface area contributed by atoms with Crippen molar-refractivity contribution in [3.63, 3.8) is 0 Å². The normalized spacial score (nSPS) is 18.8. The van der Waals surface area contributed by atoms with E-state index in [4.69, 9.17) is 11.6 Å². The highest BCUT2D eigenvalue weighted by atomic mass is 35.5. The molecule has 5 rings (SSSR count). The molecule has 0 saturated carbocycles. The van der Waals surface area contributed by atoms with Crippen molar-refractivity contribution in [2.75, 3.05) is 11.5 Å². The Morgan fingerprint density at radius 1 is 0.946 bits per heavy atom. The van der Waals surface area contributed by atoms with Crippen molar-refractivity contribution >= 4 is 44.2 Å². The molecule has 190 valence electrons. The molecule has 2 atom stereocenters. The van der Waals surface area contributed by atoms with Gasteiger partial charge in [-0.15, -0.1) is 0 Å². The van der Waals surface area contributed by atoms with Crippen LogP contribution in [-0.4, -0.2) is 53.4 Å². The van der Waals surface area contributed by atoms with Crippen LogP contribution in [0.4, 0.5) is 0 Å². The minimum Gasteiger partial charge on any atom is -0.360 e. The summed E-state index contributed by atoms with van der Waals surface area (Å²) in [5.74, 6) is -1.23. The van der Waals surface area contributed by atoms with Gasteiger partial charge in [0.1, 0.15) is 0 Å². The van der Waals surface area contributed by atoms with Crippen molar-refractivity contribution < 1.29 is 18.0 Å². The van der Waals surface area contributed by atoms with E-state index < -0.39 is 27.8 Å². The largest absolute Gasteiger partial charge is 0.360 e. The molecule has 2 aromatic heterocycles. The maximum atomic E-state index is 13.0. The number of aromatic amines is 1. The van der Waals surface area contributed by atoms with Gasteiger partial charge in [0.15, 0.2) is 9.84 Å². The van der Waals surface area contributed by atoms with Crippen molar-refractivity contribution in [3.05, 3.63) is 99.6 Å². The second-order valence-corrected chi connectivity index (χ2v) is 11.6. The van der Waals surface area contributed by atoms with Gasteiger partial charge in [0, 0.05) is 46.2 Å². The lowest BCUT2D eigenvalue weighted by molar-refractivity contribution is 0.0885. The Bertz CT molecular complexity index is 1660. The van der Waals surface area contributed by atoms with Gasteiger partial charge in [0.25, 0.3) is 17.4 Å². The lowest BCUT2D eigenvalue weighted by Crippen LogP contribution is -2.58. The number of fused-ring (bicyclic) bond motifs is 1.